The second-order valence-electron chi connectivity index (χ2n) is 2.45. The molecule has 1 rings (SSSR count). The quantitative estimate of drug-likeness (QED) is 0.334. The summed E-state index contributed by atoms with van der Waals surface area (Å²) in [6.07, 6.45) is 2.39. The largest absolute Gasteiger partial charge is 0.276 e. The fraction of sp³-hybridized carbons (Fsp3) is 0. The van der Waals surface area contributed by atoms with E-state index in [2.05, 4.69) is 0 Å². The lowest BCUT2D eigenvalue weighted by Crippen LogP contribution is -1.90. The Balaban J connectivity index is 3.07. The minimum absolute atomic E-state index is 0.0540. The first-order chi connectivity index (χ1) is 6.61. The van der Waals surface area contributed by atoms with Crippen LogP contribution in [-0.2, 0) is 4.79 Å². The molecule has 0 N–H and O–H groups in total. The van der Waals surface area contributed by atoms with Crippen molar-refractivity contribution in [1.29, 1.82) is 0 Å². The molecule has 0 amide bonds. The highest BCUT2D eigenvalue weighted by Crippen LogP contribution is 2.18. The molecule has 1 aromatic carbocycles. The molecule has 0 aliphatic heterocycles. The molecule has 0 spiro atoms. The standard InChI is InChI=1S/C9H6ClNO3/c10-9(12)6-5-7-3-1-2-4-8(7)11(13)14/h1-6H. The van der Waals surface area contributed by atoms with Gasteiger partial charge in [-0.15, -0.1) is 0 Å². The van der Waals surface area contributed by atoms with Crippen molar-refractivity contribution in [2.45, 2.75) is 0 Å². The number of nitrogens with zero attached hydrogens (tertiary/aromatic N) is 1. The first-order valence-electron chi connectivity index (χ1n) is 3.72. The number of hydrogen-bond acceptors (Lipinski definition) is 3. The number of carbonyl (C=O) groups is 1. The highest BCUT2D eigenvalue weighted by molar-refractivity contribution is 6.66. The van der Waals surface area contributed by atoms with E-state index in [4.69, 9.17) is 11.6 Å². The third-order valence-corrected chi connectivity index (χ3v) is 1.65. The number of halogens is 1. The van der Waals surface area contributed by atoms with Crippen LogP contribution in [0, 0.1) is 10.1 Å². The molecule has 0 unspecified atom stereocenters. The molecule has 0 radical (unpaired) electrons. The number of nitro benzene ring substituents is 1. The van der Waals surface area contributed by atoms with E-state index in [9.17, 15) is 14.9 Å². The molecular weight excluding hydrogens is 206 g/mol. The fourth-order valence-corrected chi connectivity index (χ4v) is 1.01. The van der Waals surface area contributed by atoms with Crippen LogP contribution in [0.15, 0.2) is 30.3 Å². The summed E-state index contributed by atoms with van der Waals surface area (Å²) in [7, 11) is 0. The Bertz CT molecular complexity index is 401. The second kappa shape index (κ2) is 4.53. The highest BCUT2D eigenvalue weighted by Gasteiger charge is 2.09. The van der Waals surface area contributed by atoms with E-state index in [1.165, 1.54) is 18.2 Å². The molecule has 0 bridgehead atoms. The van der Waals surface area contributed by atoms with Crippen LogP contribution in [0.3, 0.4) is 0 Å². The predicted molar refractivity (Wildman–Crippen MR) is 53.0 cm³/mol. The Morgan fingerprint density at radius 3 is 2.64 bits per heavy atom. The van der Waals surface area contributed by atoms with Gasteiger partial charge < -0.3 is 0 Å². The lowest BCUT2D eigenvalue weighted by Gasteiger charge is -1.94. The van der Waals surface area contributed by atoms with Gasteiger partial charge in [-0.2, -0.15) is 0 Å². The number of benzene rings is 1. The zero-order chi connectivity index (χ0) is 10.6. The van der Waals surface area contributed by atoms with Crippen LogP contribution in [0.25, 0.3) is 6.08 Å². The summed E-state index contributed by atoms with van der Waals surface area (Å²) >= 11 is 5.06. The van der Waals surface area contributed by atoms with Crippen molar-refractivity contribution in [3.63, 3.8) is 0 Å². The maximum Gasteiger partial charge on any atom is 0.276 e. The van der Waals surface area contributed by atoms with Gasteiger partial charge in [-0.3, -0.25) is 14.9 Å². The molecule has 0 saturated heterocycles. The van der Waals surface area contributed by atoms with E-state index in [1.54, 1.807) is 12.1 Å². The minimum atomic E-state index is -0.664. The van der Waals surface area contributed by atoms with Gasteiger partial charge >= 0.3 is 0 Å². The Kier molecular flexibility index (Phi) is 3.36. The smallest absolute Gasteiger partial charge is 0.276 e. The number of nitro groups is 1. The van der Waals surface area contributed by atoms with Crippen molar-refractivity contribution < 1.29 is 9.72 Å². The molecule has 0 atom stereocenters. The molecule has 0 aliphatic rings. The van der Waals surface area contributed by atoms with E-state index in [1.807, 2.05) is 0 Å². The molecule has 5 heteroatoms. The molecule has 4 nitrogen and oxygen atoms in total. The zero-order valence-electron chi connectivity index (χ0n) is 7.01. The van der Waals surface area contributed by atoms with Crippen LogP contribution >= 0.6 is 11.6 Å². The molecule has 1 aromatic rings. The Morgan fingerprint density at radius 2 is 2.07 bits per heavy atom. The second-order valence-corrected chi connectivity index (χ2v) is 2.83. The number of para-hydroxylation sites is 1. The van der Waals surface area contributed by atoms with Gasteiger partial charge in [-0.1, -0.05) is 12.1 Å². The van der Waals surface area contributed by atoms with Gasteiger partial charge in [0.25, 0.3) is 5.69 Å². The third-order valence-electron chi connectivity index (χ3n) is 1.53. The van der Waals surface area contributed by atoms with Gasteiger partial charge in [-0.05, 0) is 29.8 Å². The van der Waals surface area contributed by atoms with Crippen LogP contribution in [0.5, 0.6) is 0 Å². The summed E-state index contributed by atoms with van der Waals surface area (Å²) in [6, 6.07) is 6.09. The highest BCUT2D eigenvalue weighted by atomic mass is 35.5. The van der Waals surface area contributed by atoms with Crippen molar-refractivity contribution >= 4 is 28.6 Å². The van der Waals surface area contributed by atoms with Gasteiger partial charge in [0.2, 0.25) is 5.24 Å². The van der Waals surface area contributed by atoms with E-state index in [0.29, 0.717) is 5.56 Å². The maximum atomic E-state index is 10.5. The van der Waals surface area contributed by atoms with Gasteiger partial charge in [0.05, 0.1) is 10.5 Å². The summed E-state index contributed by atoms with van der Waals surface area (Å²) in [5.74, 6) is 0. The van der Waals surface area contributed by atoms with Crippen molar-refractivity contribution in [2.75, 3.05) is 0 Å². The first-order valence-corrected chi connectivity index (χ1v) is 4.10. The third kappa shape index (κ3) is 2.67. The van der Waals surface area contributed by atoms with Crippen molar-refractivity contribution in [1.82, 2.24) is 0 Å². The van der Waals surface area contributed by atoms with Crippen LogP contribution in [-0.4, -0.2) is 10.2 Å². The number of allylic oxidation sites excluding steroid dienone is 1. The minimum Gasteiger partial charge on any atom is -0.276 e. The van der Waals surface area contributed by atoms with Crippen LogP contribution in [0.4, 0.5) is 5.69 Å². The average molecular weight is 212 g/mol. The Hall–Kier alpha value is -1.68. The van der Waals surface area contributed by atoms with Crippen molar-refractivity contribution in [3.8, 4) is 0 Å². The van der Waals surface area contributed by atoms with Crippen molar-refractivity contribution in [2.24, 2.45) is 0 Å². The molecular formula is C9H6ClNO3. The fourth-order valence-electron chi connectivity index (χ4n) is 0.950. The summed E-state index contributed by atoms with van der Waals surface area (Å²) in [5, 5.41) is 9.86. The summed E-state index contributed by atoms with van der Waals surface area (Å²) in [5.41, 5.74) is 0.299. The van der Waals surface area contributed by atoms with Crippen LogP contribution < -0.4 is 0 Å². The SMILES string of the molecule is O=C(Cl)C=Cc1ccccc1[N+](=O)[O-]. The van der Waals surface area contributed by atoms with Crippen LogP contribution in [0.1, 0.15) is 5.56 Å². The van der Waals surface area contributed by atoms with E-state index < -0.39 is 10.2 Å². The van der Waals surface area contributed by atoms with Gasteiger partial charge in [0.1, 0.15) is 0 Å². The molecule has 14 heavy (non-hydrogen) atoms. The number of carbonyl (C=O) groups excluding carboxylic acids is 1. The number of rotatable bonds is 3. The molecule has 0 aliphatic carbocycles. The van der Waals surface area contributed by atoms with Crippen molar-refractivity contribution in [3.05, 3.63) is 46.0 Å². The van der Waals surface area contributed by atoms with E-state index in [-0.39, 0.29) is 5.69 Å². The molecule has 0 aromatic heterocycles. The normalized spacial score (nSPS) is 10.4. The summed E-state index contributed by atoms with van der Waals surface area (Å²) in [6.45, 7) is 0. The predicted octanol–water partition coefficient (Wildman–Crippen LogP) is 2.37. The molecule has 72 valence electrons. The van der Waals surface area contributed by atoms with Gasteiger partial charge in [-0.25, -0.2) is 0 Å². The maximum absolute atomic E-state index is 10.5. The zero-order valence-corrected chi connectivity index (χ0v) is 7.77. The van der Waals surface area contributed by atoms with E-state index in [0.717, 1.165) is 6.08 Å². The lowest BCUT2D eigenvalue weighted by molar-refractivity contribution is -0.385. The van der Waals surface area contributed by atoms with Gasteiger partial charge in [0, 0.05) is 6.07 Å². The molecule has 0 saturated carbocycles. The Labute approximate surface area is 85.0 Å². The van der Waals surface area contributed by atoms with Crippen LogP contribution in [0.2, 0.25) is 0 Å². The topological polar surface area (TPSA) is 60.2 Å². The van der Waals surface area contributed by atoms with E-state index >= 15 is 0 Å². The van der Waals surface area contributed by atoms with Gasteiger partial charge in [0.15, 0.2) is 0 Å². The lowest BCUT2D eigenvalue weighted by atomic mass is 10.2. The number of hydrogen-bond donors (Lipinski definition) is 0. The monoisotopic (exact) mass is 211 g/mol. The summed E-state index contributed by atoms with van der Waals surface area (Å²) in [4.78, 5) is 20.4. The first kappa shape index (κ1) is 10.4. The average Bonchev–Trinajstić information content (AvgIpc) is 2.15. The molecule has 0 heterocycles. The summed E-state index contributed by atoms with van der Waals surface area (Å²) < 4.78 is 0. The molecule has 0 fully saturated rings. The Morgan fingerprint density at radius 1 is 1.43 bits per heavy atom.